The van der Waals surface area contributed by atoms with Crippen LogP contribution in [0.5, 0.6) is 0 Å². The average molecular weight is 417 g/mol. The molecule has 154 valence electrons. The van der Waals surface area contributed by atoms with Gasteiger partial charge in [-0.3, -0.25) is 0 Å². The molecule has 0 saturated heterocycles. The van der Waals surface area contributed by atoms with E-state index in [2.05, 4.69) is 33.2 Å². The molecule has 0 bridgehead atoms. The number of carboxylic acids is 1. The van der Waals surface area contributed by atoms with E-state index in [9.17, 15) is 4.79 Å². The van der Waals surface area contributed by atoms with E-state index in [4.69, 9.17) is 15.6 Å². The second kappa shape index (κ2) is 11.3. The SMILES string of the molecule is C/C=C(\OC)c1nc2c(-c3nc(C(=O)O)cs3)cnc(N)n2n1.C=CC=C.CC. The highest BCUT2D eigenvalue weighted by atomic mass is 32.1. The lowest BCUT2D eigenvalue weighted by atomic mass is 10.3. The third-order valence-corrected chi connectivity index (χ3v) is 4.09. The number of fused-ring (bicyclic) bond motifs is 1. The first-order valence-corrected chi connectivity index (χ1v) is 9.49. The van der Waals surface area contributed by atoms with Crippen molar-refractivity contribution >= 4 is 34.7 Å². The molecule has 3 rings (SSSR count). The van der Waals surface area contributed by atoms with Gasteiger partial charge in [-0.15, -0.1) is 16.4 Å². The van der Waals surface area contributed by atoms with Gasteiger partial charge < -0.3 is 15.6 Å². The molecule has 3 N–H and O–H groups in total. The molecule has 0 aromatic carbocycles. The standard InChI is InChI=1S/C13H12N6O3S.C4H6.C2H6/c1-3-8(22-2)9-17-10-6(4-15-13(14)19(10)18-9)11-16-7(5-23-11)12(20)21;1-3-4-2;1-2/h3-5H,1-2H3,(H2,14,15)(H,20,21);3-4H,1-2H2;1-2H3/b8-3-;;. The number of nitrogens with zero attached hydrogens (tertiary/aromatic N) is 5. The van der Waals surface area contributed by atoms with Gasteiger partial charge in [0, 0.05) is 11.6 Å². The van der Waals surface area contributed by atoms with E-state index in [0.29, 0.717) is 27.8 Å². The number of anilines is 1. The van der Waals surface area contributed by atoms with Crippen LogP contribution in [0.4, 0.5) is 5.95 Å². The highest BCUT2D eigenvalue weighted by Gasteiger charge is 2.18. The molecule has 0 spiro atoms. The van der Waals surface area contributed by atoms with Crippen LogP contribution in [0.25, 0.3) is 22.0 Å². The van der Waals surface area contributed by atoms with Crippen LogP contribution in [0.15, 0.2) is 43.0 Å². The van der Waals surface area contributed by atoms with Gasteiger partial charge in [-0.2, -0.15) is 4.52 Å². The van der Waals surface area contributed by atoms with Crippen LogP contribution < -0.4 is 5.73 Å². The fraction of sp³-hybridized carbons (Fsp3) is 0.211. The molecule has 0 radical (unpaired) electrons. The van der Waals surface area contributed by atoms with Gasteiger partial charge in [-0.25, -0.2) is 19.7 Å². The summed E-state index contributed by atoms with van der Waals surface area (Å²) in [5, 5.41) is 15.2. The summed E-state index contributed by atoms with van der Waals surface area (Å²) < 4.78 is 6.58. The minimum atomic E-state index is -1.09. The van der Waals surface area contributed by atoms with Crippen molar-refractivity contribution < 1.29 is 14.6 Å². The molecule has 0 saturated carbocycles. The zero-order chi connectivity index (χ0) is 22.0. The summed E-state index contributed by atoms with van der Waals surface area (Å²) >= 11 is 1.18. The Kier molecular flexibility index (Phi) is 9.20. The number of carbonyl (C=O) groups is 1. The molecular weight excluding hydrogens is 392 g/mol. The van der Waals surface area contributed by atoms with Crippen molar-refractivity contribution in [2.45, 2.75) is 20.8 Å². The predicted octanol–water partition coefficient (Wildman–Crippen LogP) is 3.92. The highest BCUT2D eigenvalue weighted by Crippen LogP contribution is 2.28. The number of carboxylic acid groups (broad SMARTS) is 1. The van der Waals surface area contributed by atoms with E-state index in [1.54, 1.807) is 25.2 Å². The maximum atomic E-state index is 11.0. The molecule has 0 unspecified atom stereocenters. The summed E-state index contributed by atoms with van der Waals surface area (Å²) in [5.41, 5.74) is 6.76. The van der Waals surface area contributed by atoms with Crippen LogP contribution in [0.3, 0.4) is 0 Å². The van der Waals surface area contributed by atoms with Crippen LogP contribution in [0, 0.1) is 0 Å². The van der Waals surface area contributed by atoms with Gasteiger partial charge in [0.1, 0.15) is 5.01 Å². The summed E-state index contributed by atoms with van der Waals surface area (Å²) in [4.78, 5) is 23.5. The largest absolute Gasteiger partial charge is 0.493 e. The van der Waals surface area contributed by atoms with Crippen molar-refractivity contribution in [2.24, 2.45) is 0 Å². The quantitative estimate of drug-likeness (QED) is 0.473. The molecule has 3 heterocycles. The molecule has 0 amide bonds. The zero-order valence-corrected chi connectivity index (χ0v) is 17.6. The first-order chi connectivity index (χ1) is 14.0. The molecule has 0 aliphatic rings. The lowest BCUT2D eigenvalue weighted by Gasteiger charge is -2.00. The van der Waals surface area contributed by atoms with Crippen LogP contribution in [-0.4, -0.2) is 42.8 Å². The van der Waals surface area contributed by atoms with Crippen LogP contribution >= 0.6 is 11.3 Å². The number of methoxy groups -OCH3 is 1. The number of thiazole rings is 1. The van der Waals surface area contributed by atoms with Gasteiger partial charge in [0.05, 0.1) is 12.7 Å². The number of nitrogens with two attached hydrogens (primary N) is 1. The van der Waals surface area contributed by atoms with Crippen molar-refractivity contribution in [3.63, 3.8) is 0 Å². The maximum absolute atomic E-state index is 11.0. The summed E-state index contributed by atoms with van der Waals surface area (Å²) in [5.74, 6) is -0.0934. The molecule has 0 atom stereocenters. The van der Waals surface area contributed by atoms with Crippen LogP contribution in [0.1, 0.15) is 37.1 Å². The van der Waals surface area contributed by atoms with Crippen molar-refractivity contribution in [3.8, 4) is 10.6 Å². The van der Waals surface area contributed by atoms with E-state index in [1.807, 2.05) is 13.8 Å². The lowest BCUT2D eigenvalue weighted by molar-refractivity contribution is 0.0691. The minimum Gasteiger partial charge on any atom is -0.493 e. The molecule has 10 heteroatoms. The van der Waals surface area contributed by atoms with Crippen molar-refractivity contribution in [1.82, 2.24) is 24.6 Å². The third kappa shape index (κ3) is 5.48. The predicted molar refractivity (Wildman–Crippen MR) is 116 cm³/mol. The fourth-order valence-electron chi connectivity index (χ4n) is 1.98. The average Bonchev–Trinajstić information content (AvgIpc) is 3.39. The Morgan fingerprint density at radius 1 is 1.31 bits per heavy atom. The van der Waals surface area contributed by atoms with Crippen LogP contribution in [0.2, 0.25) is 0 Å². The van der Waals surface area contributed by atoms with Crippen LogP contribution in [-0.2, 0) is 4.74 Å². The second-order valence-electron chi connectivity index (χ2n) is 4.87. The summed E-state index contributed by atoms with van der Waals surface area (Å²) in [6.07, 6.45) is 6.50. The number of aromatic carboxylic acids is 1. The van der Waals surface area contributed by atoms with E-state index >= 15 is 0 Å². The Morgan fingerprint density at radius 2 is 1.97 bits per heavy atom. The number of aromatic nitrogens is 5. The van der Waals surface area contributed by atoms with Gasteiger partial charge in [0.2, 0.25) is 11.8 Å². The monoisotopic (exact) mass is 416 g/mol. The van der Waals surface area contributed by atoms with Gasteiger partial charge >= 0.3 is 5.97 Å². The Balaban J connectivity index is 0.000000627. The number of hydrogen-bond acceptors (Lipinski definition) is 8. The summed E-state index contributed by atoms with van der Waals surface area (Å²) in [6, 6.07) is 0. The molecule has 9 nitrogen and oxygen atoms in total. The molecule has 0 aliphatic carbocycles. The van der Waals surface area contributed by atoms with Crippen molar-refractivity contribution in [2.75, 3.05) is 12.8 Å². The number of ether oxygens (including phenoxy) is 1. The van der Waals surface area contributed by atoms with Gasteiger partial charge in [0.15, 0.2) is 17.1 Å². The highest BCUT2D eigenvalue weighted by molar-refractivity contribution is 7.13. The van der Waals surface area contributed by atoms with Gasteiger partial charge in [-0.05, 0) is 13.0 Å². The molecule has 3 aromatic rings. The molecule has 0 aliphatic heterocycles. The third-order valence-electron chi connectivity index (χ3n) is 3.21. The number of rotatable bonds is 5. The van der Waals surface area contributed by atoms with E-state index in [1.165, 1.54) is 34.5 Å². The van der Waals surface area contributed by atoms with Crippen molar-refractivity contribution in [3.05, 3.63) is 54.5 Å². The Labute approximate surface area is 172 Å². The topological polar surface area (TPSA) is 129 Å². The minimum absolute atomic E-state index is 0.0363. The first-order valence-electron chi connectivity index (χ1n) is 8.61. The maximum Gasteiger partial charge on any atom is 0.355 e. The summed E-state index contributed by atoms with van der Waals surface area (Å²) in [6.45, 7) is 12.5. The molecule has 29 heavy (non-hydrogen) atoms. The zero-order valence-electron chi connectivity index (χ0n) is 16.8. The number of hydrogen-bond donors (Lipinski definition) is 2. The Morgan fingerprint density at radius 3 is 2.45 bits per heavy atom. The molecule has 3 aromatic heterocycles. The Hall–Kier alpha value is -3.53. The lowest BCUT2D eigenvalue weighted by Crippen LogP contribution is -2.03. The molecular formula is C19H24N6O3S. The second-order valence-corrected chi connectivity index (χ2v) is 5.73. The number of allylic oxidation sites excluding steroid dienone is 3. The molecule has 0 fully saturated rings. The van der Waals surface area contributed by atoms with E-state index < -0.39 is 5.97 Å². The van der Waals surface area contributed by atoms with E-state index in [0.717, 1.165) is 0 Å². The normalized spacial score (nSPS) is 10.3. The Bertz CT molecular complexity index is 1020. The van der Waals surface area contributed by atoms with Crippen molar-refractivity contribution in [1.29, 1.82) is 0 Å². The first kappa shape index (κ1) is 23.5. The fourth-order valence-corrected chi connectivity index (χ4v) is 2.78. The number of nitrogen functional groups attached to an aromatic ring is 1. The van der Waals surface area contributed by atoms with Gasteiger partial charge in [0.25, 0.3) is 0 Å². The van der Waals surface area contributed by atoms with E-state index in [-0.39, 0.29) is 11.6 Å². The van der Waals surface area contributed by atoms with Gasteiger partial charge in [-0.1, -0.05) is 39.2 Å². The smallest absolute Gasteiger partial charge is 0.355 e. The summed E-state index contributed by atoms with van der Waals surface area (Å²) in [7, 11) is 1.52.